The fourth-order valence-corrected chi connectivity index (χ4v) is 2.64. The first-order valence-electron chi connectivity index (χ1n) is 7.73. The van der Waals surface area contributed by atoms with E-state index < -0.39 is 18.0 Å². The molecule has 1 aliphatic heterocycles. The first kappa shape index (κ1) is 16.0. The van der Waals surface area contributed by atoms with Crippen molar-refractivity contribution in [2.75, 3.05) is 6.54 Å². The molecule has 128 valence electrons. The number of imide groups is 1. The Morgan fingerprint density at radius 3 is 2.67 bits per heavy atom. The molecule has 3 rings (SSSR count). The van der Waals surface area contributed by atoms with E-state index in [2.05, 4.69) is 16.0 Å². The van der Waals surface area contributed by atoms with Crippen LogP contribution >= 0.6 is 0 Å². The molecule has 0 bridgehead atoms. The lowest BCUT2D eigenvalue weighted by Gasteiger charge is -2.26. The highest BCUT2D eigenvalue weighted by Crippen LogP contribution is 2.30. The molecule has 24 heavy (non-hydrogen) atoms. The van der Waals surface area contributed by atoms with Gasteiger partial charge >= 0.3 is 6.03 Å². The summed E-state index contributed by atoms with van der Waals surface area (Å²) < 4.78 is 5.08. The molecule has 1 saturated carbocycles. The second kappa shape index (κ2) is 6.73. The molecule has 1 aromatic rings. The third-order valence-electron chi connectivity index (χ3n) is 3.91. The third kappa shape index (κ3) is 3.73. The fraction of sp³-hybridized carbons (Fsp3) is 0.467. The van der Waals surface area contributed by atoms with Gasteiger partial charge in [0.1, 0.15) is 11.8 Å². The maximum Gasteiger partial charge on any atom is 0.315 e. The van der Waals surface area contributed by atoms with Crippen molar-refractivity contribution in [2.45, 2.75) is 37.9 Å². The number of urea groups is 1. The molecular formula is C15H18N4O5. The molecule has 1 atom stereocenters. The van der Waals surface area contributed by atoms with E-state index in [4.69, 9.17) is 4.42 Å². The molecule has 1 saturated heterocycles. The molecule has 2 fully saturated rings. The predicted molar refractivity (Wildman–Crippen MR) is 80.4 cm³/mol. The van der Waals surface area contributed by atoms with Crippen LogP contribution in [-0.2, 0) is 20.9 Å². The fourth-order valence-electron chi connectivity index (χ4n) is 2.64. The summed E-state index contributed by atoms with van der Waals surface area (Å²) in [4.78, 5) is 48.7. The summed E-state index contributed by atoms with van der Waals surface area (Å²) >= 11 is 0. The van der Waals surface area contributed by atoms with E-state index in [1.807, 2.05) is 0 Å². The highest BCUT2D eigenvalue weighted by Gasteiger charge is 2.44. The summed E-state index contributed by atoms with van der Waals surface area (Å²) in [6, 6.07) is 2.11. The third-order valence-corrected chi connectivity index (χ3v) is 3.91. The van der Waals surface area contributed by atoms with Gasteiger partial charge in [0.25, 0.3) is 0 Å². The molecule has 2 heterocycles. The van der Waals surface area contributed by atoms with Crippen LogP contribution in [0.1, 0.15) is 25.0 Å². The van der Waals surface area contributed by atoms with Crippen LogP contribution in [0.25, 0.3) is 0 Å². The minimum absolute atomic E-state index is 0.0221. The summed E-state index contributed by atoms with van der Waals surface area (Å²) in [6.07, 6.45) is 3.08. The van der Waals surface area contributed by atoms with Crippen molar-refractivity contribution in [3.63, 3.8) is 0 Å². The quantitative estimate of drug-likeness (QED) is 0.605. The Morgan fingerprint density at radius 1 is 1.29 bits per heavy atom. The molecule has 0 radical (unpaired) electrons. The zero-order valence-corrected chi connectivity index (χ0v) is 12.9. The Labute approximate surface area is 137 Å². The molecule has 2 aliphatic rings. The Hall–Kier alpha value is -2.84. The minimum atomic E-state index is -0.773. The van der Waals surface area contributed by atoms with E-state index in [9.17, 15) is 19.2 Å². The lowest BCUT2D eigenvalue weighted by molar-refractivity contribution is -0.138. The topological polar surface area (TPSA) is 121 Å². The standard InChI is InChI=1S/C15H18N4O5/c20-12-6-11(14(22)18-12)19(9-3-4-9)13(21)8-17-15(23)16-7-10-2-1-5-24-10/h1-2,5,9,11H,3-4,6-8H2,(H2,16,17,23)(H,18,20,22). The van der Waals surface area contributed by atoms with E-state index in [0.717, 1.165) is 12.8 Å². The van der Waals surface area contributed by atoms with Gasteiger partial charge in [0.05, 0.1) is 25.8 Å². The second-order valence-corrected chi connectivity index (χ2v) is 5.78. The predicted octanol–water partition coefficient (Wildman–Crippen LogP) is -0.515. The smallest absolute Gasteiger partial charge is 0.315 e. The van der Waals surface area contributed by atoms with Gasteiger partial charge in [0.15, 0.2) is 0 Å². The molecule has 1 unspecified atom stereocenters. The van der Waals surface area contributed by atoms with Crippen LogP contribution < -0.4 is 16.0 Å². The number of nitrogens with zero attached hydrogens (tertiary/aromatic N) is 1. The van der Waals surface area contributed by atoms with E-state index in [-0.39, 0.29) is 37.4 Å². The van der Waals surface area contributed by atoms with E-state index in [0.29, 0.717) is 5.76 Å². The second-order valence-electron chi connectivity index (χ2n) is 5.78. The van der Waals surface area contributed by atoms with Crippen molar-refractivity contribution in [3.8, 4) is 0 Å². The van der Waals surface area contributed by atoms with Crippen molar-refractivity contribution < 1.29 is 23.6 Å². The number of amides is 5. The molecule has 1 aliphatic carbocycles. The molecule has 9 heteroatoms. The van der Waals surface area contributed by atoms with Gasteiger partial charge in [-0.25, -0.2) is 4.79 Å². The van der Waals surface area contributed by atoms with Gasteiger partial charge in [-0.2, -0.15) is 0 Å². The van der Waals surface area contributed by atoms with Crippen molar-refractivity contribution in [1.29, 1.82) is 0 Å². The first-order chi connectivity index (χ1) is 11.5. The average Bonchev–Trinajstić information content (AvgIpc) is 3.12. The van der Waals surface area contributed by atoms with Gasteiger partial charge in [-0.15, -0.1) is 0 Å². The number of carbonyl (C=O) groups is 4. The van der Waals surface area contributed by atoms with Gasteiger partial charge in [-0.05, 0) is 25.0 Å². The molecule has 9 nitrogen and oxygen atoms in total. The zero-order valence-electron chi connectivity index (χ0n) is 12.9. The van der Waals surface area contributed by atoms with Crippen LogP contribution in [0.3, 0.4) is 0 Å². The highest BCUT2D eigenvalue weighted by atomic mass is 16.3. The van der Waals surface area contributed by atoms with E-state index in [1.54, 1.807) is 12.1 Å². The SMILES string of the molecule is O=C1CC(N(C(=O)CNC(=O)NCc2ccco2)C2CC2)C(=O)N1. The van der Waals surface area contributed by atoms with Crippen LogP contribution in [0.15, 0.2) is 22.8 Å². The van der Waals surface area contributed by atoms with Crippen LogP contribution in [0.5, 0.6) is 0 Å². The average molecular weight is 334 g/mol. The number of hydrogen-bond acceptors (Lipinski definition) is 5. The van der Waals surface area contributed by atoms with Gasteiger partial charge in [-0.3, -0.25) is 19.7 Å². The van der Waals surface area contributed by atoms with Gasteiger partial charge < -0.3 is 20.0 Å². The maximum atomic E-state index is 12.4. The lowest BCUT2D eigenvalue weighted by Crippen LogP contribution is -2.50. The molecule has 0 aromatic carbocycles. The highest BCUT2D eigenvalue weighted by molar-refractivity contribution is 6.07. The molecular weight excluding hydrogens is 316 g/mol. The van der Waals surface area contributed by atoms with Crippen LogP contribution in [0.4, 0.5) is 4.79 Å². The van der Waals surface area contributed by atoms with E-state index in [1.165, 1.54) is 11.2 Å². The van der Waals surface area contributed by atoms with Crippen molar-refractivity contribution >= 4 is 23.8 Å². The Balaban J connectivity index is 1.50. The Kier molecular flexibility index (Phi) is 4.50. The number of carbonyl (C=O) groups excluding carboxylic acids is 4. The molecule has 0 spiro atoms. The van der Waals surface area contributed by atoms with Crippen LogP contribution in [0.2, 0.25) is 0 Å². The Morgan fingerprint density at radius 2 is 2.08 bits per heavy atom. The summed E-state index contributed by atoms with van der Waals surface area (Å²) in [6.45, 7) is -0.0304. The largest absolute Gasteiger partial charge is 0.467 e. The Bertz CT molecular complexity index is 653. The number of hydrogen-bond donors (Lipinski definition) is 3. The molecule has 5 amide bonds. The molecule has 1 aromatic heterocycles. The van der Waals surface area contributed by atoms with E-state index >= 15 is 0 Å². The van der Waals surface area contributed by atoms with Crippen molar-refractivity contribution in [2.24, 2.45) is 0 Å². The van der Waals surface area contributed by atoms with Crippen molar-refractivity contribution in [3.05, 3.63) is 24.2 Å². The summed E-state index contributed by atoms with van der Waals surface area (Å²) in [5, 5.41) is 7.22. The summed E-state index contributed by atoms with van der Waals surface area (Å²) in [5.74, 6) is -0.618. The van der Waals surface area contributed by atoms with Crippen molar-refractivity contribution in [1.82, 2.24) is 20.9 Å². The summed E-state index contributed by atoms with van der Waals surface area (Å²) in [5.41, 5.74) is 0. The lowest BCUT2D eigenvalue weighted by atomic mass is 10.2. The minimum Gasteiger partial charge on any atom is -0.467 e. The maximum absolute atomic E-state index is 12.4. The normalized spacial score (nSPS) is 19.8. The number of furan rings is 1. The van der Waals surface area contributed by atoms with Gasteiger partial charge in [0, 0.05) is 6.04 Å². The van der Waals surface area contributed by atoms with Gasteiger partial charge in [-0.1, -0.05) is 0 Å². The summed E-state index contributed by atoms with van der Waals surface area (Å²) in [7, 11) is 0. The zero-order chi connectivity index (χ0) is 17.1. The number of nitrogens with one attached hydrogen (secondary N) is 3. The first-order valence-corrected chi connectivity index (χ1v) is 7.73. The van der Waals surface area contributed by atoms with Crippen LogP contribution in [-0.4, -0.2) is 47.3 Å². The number of rotatable bonds is 6. The van der Waals surface area contributed by atoms with Gasteiger partial charge in [0.2, 0.25) is 17.7 Å². The molecule has 3 N–H and O–H groups in total. The van der Waals surface area contributed by atoms with Crippen LogP contribution in [0, 0.1) is 0 Å². The monoisotopic (exact) mass is 334 g/mol.